The Bertz CT molecular complexity index is 2430. The number of thiophene rings is 4. The van der Waals surface area contributed by atoms with Crippen LogP contribution < -0.4 is 0 Å². The van der Waals surface area contributed by atoms with Gasteiger partial charge in [-0.25, -0.2) is 0 Å². The number of benzene rings is 4. The standard InChI is InChI=1S/C34H16S4Se2/c1-3-7-21-17(5-1)15-35-31(21)29-11-19-9-25-23(13-27(19)39-29)33-34(37-25)24-14-28-20(10-26(24)38-33)12-30(40-28)32-22-8-4-2-6-18(22)16-36-32/h1-16H. The van der Waals surface area contributed by atoms with Gasteiger partial charge in [0.15, 0.2) is 0 Å². The van der Waals surface area contributed by atoms with Crippen LogP contribution in [0.25, 0.3) is 89.0 Å². The van der Waals surface area contributed by atoms with Gasteiger partial charge >= 0.3 is 259 Å². The third-order valence-electron chi connectivity index (χ3n) is 7.82. The van der Waals surface area contributed by atoms with Gasteiger partial charge in [-0.1, -0.05) is 0 Å². The van der Waals surface area contributed by atoms with Gasteiger partial charge in [0.1, 0.15) is 0 Å². The number of rotatable bonds is 2. The molecule has 4 aromatic carbocycles. The van der Waals surface area contributed by atoms with E-state index in [0.717, 1.165) is 0 Å². The van der Waals surface area contributed by atoms with E-state index < -0.39 is 0 Å². The Morgan fingerprint density at radius 3 is 1.43 bits per heavy atom. The molecule has 0 amide bonds. The Morgan fingerprint density at radius 1 is 0.450 bits per heavy atom. The van der Waals surface area contributed by atoms with Crippen molar-refractivity contribution >= 4 is 145 Å². The fourth-order valence-corrected chi connectivity index (χ4v) is 15.9. The van der Waals surface area contributed by atoms with E-state index in [-0.39, 0.29) is 0 Å². The molecule has 0 aliphatic heterocycles. The zero-order valence-corrected chi connectivity index (χ0v) is 27.4. The molecule has 0 saturated heterocycles. The summed E-state index contributed by atoms with van der Waals surface area (Å²) in [5.74, 6) is 0. The van der Waals surface area contributed by atoms with Crippen LogP contribution in [0.2, 0.25) is 0 Å². The molecule has 0 fully saturated rings. The van der Waals surface area contributed by atoms with E-state index in [4.69, 9.17) is 0 Å². The average molecular weight is 711 g/mol. The zero-order valence-electron chi connectivity index (χ0n) is 20.7. The second-order valence-electron chi connectivity index (χ2n) is 10.2. The fraction of sp³-hybridized carbons (Fsp3) is 0. The van der Waals surface area contributed by atoms with E-state index in [1.165, 1.54) is 89.0 Å². The molecule has 0 atom stereocenters. The van der Waals surface area contributed by atoms with Crippen molar-refractivity contribution in [3.05, 3.63) is 95.7 Å². The molecule has 6 heterocycles. The van der Waals surface area contributed by atoms with Crippen LogP contribution in [0.5, 0.6) is 0 Å². The van der Waals surface area contributed by atoms with E-state index in [0.29, 0.717) is 29.0 Å². The normalized spacial score (nSPS) is 12.5. The van der Waals surface area contributed by atoms with Crippen molar-refractivity contribution in [1.29, 1.82) is 0 Å². The molecule has 188 valence electrons. The molecule has 0 aliphatic rings. The maximum atomic E-state index is 2.52. The predicted octanol–water partition coefficient (Wildman–Crippen LogP) is 11.5. The Morgan fingerprint density at radius 2 is 0.925 bits per heavy atom. The summed E-state index contributed by atoms with van der Waals surface area (Å²) >= 11 is 8.48. The van der Waals surface area contributed by atoms with Crippen LogP contribution in [0.15, 0.2) is 95.7 Å². The molecule has 10 aromatic rings. The average Bonchev–Trinajstić information content (AvgIpc) is 3.80. The van der Waals surface area contributed by atoms with Crippen LogP contribution in [0, 0.1) is 0 Å². The number of hydrogen-bond acceptors (Lipinski definition) is 4. The second-order valence-corrected chi connectivity index (χ2v) is 18.6. The van der Waals surface area contributed by atoms with E-state index in [2.05, 4.69) is 95.7 Å². The fourth-order valence-electron chi connectivity index (χ4n) is 5.91. The van der Waals surface area contributed by atoms with Crippen LogP contribution in [0.4, 0.5) is 0 Å². The molecule has 6 aromatic heterocycles. The Kier molecular flexibility index (Phi) is 4.92. The maximum absolute atomic E-state index is 2.52. The molecule has 0 spiro atoms. The second kappa shape index (κ2) is 8.51. The summed E-state index contributed by atoms with van der Waals surface area (Å²) in [4.78, 5) is 2.92. The minimum atomic E-state index is 0.346. The molecule has 0 unspecified atom stereocenters. The number of fused-ring (bicyclic) bond motifs is 9. The summed E-state index contributed by atoms with van der Waals surface area (Å²) in [6.07, 6.45) is 0. The van der Waals surface area contributed by atoms with Crippen molar-refractivity contribution in [3.63, 3.8) is 0 Å². The summed E-state index contributed by atoms with van der Waals surface area (Å²) in [6.45, 7) is 0. The van der Waals surface area contributed by atoms with Gasteiger partial charge in [0.2, 0.25) is 0 Å². The molecule has 0 radical (unpaired) electrons. The zero-order chi connectivity index (χ0) is 25.9. The van der Waals surface area contributed by atoms with Gasteiger partial charge in [0.05, 0.1) is 0 Å². The molecular formula is C34H16S4Se2. The predicted molar refractivity (Wildman–Crippen MR) is 185 cm³/mol. The molecule has 40 heavy (non-hydrogen) atoms. The molecule has 6 heteroatoms. The molecule has 0 saturated carbocycles. The SMILES string of the molecule is c1ccc2c(-c3cc4cc5sc6c7cc8[se]c(-c9scc%10ccccc9%10)cc8cc7sc6c5cc4[se]3)scc2c1. The van der Waals surface area contributed by atoms with Crippen LogP contribution in [0.3, 0.4) is 0 Å². The summed E-state index contributed by atoms with van der Waals surface area (Å²) in [5, 5.41) is 15.9. The van der Waals surface area contributed by atoms with Crippen LogP contribution in [-0.4, -0.2) is 29.0 Å². The Labute approximate surface area is 256 Å². The number of hydrogen-bond donors (Lipinski definition) is 0. The van der Waals surface area contributed by atoms with Gasteiger partial charge in [-0.2, -0.15) is 0 Å². The van der Waals surface area contributed by atoms with Crippen molar-refractivity contribution in [2.75, 3.05) is 0 Å². The van der Waals surface area contributed by atoms with Crippen molar-refractivity contribution < 1.29 is 0 Å². The quantitative estimate of drug-likeness (QED) is 0.157. The Balaban J connectivity index is 1.13. The van der Waals surface area contributed by atoms with Crippen LogP contribution in [-0.2, 0) is 0 Å². The third-order valence-corrected chi connectivity index (χ3v) is 17.7. The molecular weight excluding hydrogens is 695 g/mol. The van der Waals surface area contributed by atoms with Gasteiger partial charge in [-0.3, -0.25) is 0 Å². The molecule has 0 N–H and O–H groups in total. The first kappa shape index (κ1) is 23.1. The summed E-state index contributed by atoms with van der Waals surface area (Å²) in [5.41, 5.74) is 0. The Hall–Kier alpha value is -2.50. The van der Waals surface area contributed by atoms with Gasteiger partial charge < -0.3 is 0 Å². The van der Waals surface area contributed by atoms with E-state index in [1.807, 2.05) is 45.3 Å². The van der Waals surface area contributed by atoms with Crippen molar-refractivity contribution in [3.8, 4) is 18.6 Å². The van der Waals surface area contributed by atoms with Crippen LogP contribution >= 0.6 is 45.3 Å². The first-order chi connectivity index (χ1) is 19.8. The molecule has 0 nitrogen and oxygen atoms in total. The van der Waals surface area contributed by atoms with Gasteiger partial charge in [0.25, 0.3) is 0 Å². The van der Waals surface area contributed by atoms with Gasteiger partial charge in [-0.15, -0.1) is 0 Å². The summed E-state index contributed by atoms with van der Waals surface area (Å²) in [7, 11) is 0. The topological polar surface area (TPSA) is 0 Å². The molecule has 0 aliphatic carbocycles. The van der Waals surface area contributed by atoms with Gasteiger partial charge in [-0.05, 0) is 0 Å². The minimum absolute atomic E-state index is 0.346. The van der Waals surface area contributed by atoms with Gasteiger partial charge in [0, 0.05) is 0 Å². The molecule has 10 rings (SSSR count). The monoisotopic (exact) mass is 712 g/mol. The van der Waals surface area contributed by atoms with Crippen molar-refractivity contribution in [2.24, 2.45) is 0 Å². The van der Waals surface area contributed by atoms with Crippen molar-refractivity contribution in [2.45, 2.75) is 0 Å². The molecule has 0 bridgehead atoms. The van der Waals surface area contributed by atoms with E-state index >= 15 is 0 Å². The first-order valence-electron chi connectivity index (χ1n) is 13.0. The van der Waals surface area contributed by atoms with E-state index in [1.54, 1.807) is 0 Å². The first-order valence-corrected chi connectivity index (χ1v) is 19.8. The van der Waals surface area contributed by atoms with Crippen molar-refractivity contribution in [1.82, 2.24) is 0 Å². The third kappa shape index (κ3) is 3.28. The summed E-state index contributed by atoms with van der Waals surface area (Å²) in [6, 6.07) is 32.6. The van der Waals surface area contributed by atoms with Crippen LogP contribution in [0.1, 0.15) is 0 Å². The summed E-state index contributed by atoms with van der Waals surface area (Å²) < 4.78 is 11.9. The van der Waals surface area contributed by atoms with E-state index in [9.17, 15) is 0 Å².